The highest BCUT2D eigenvalue weighted by Gasteiger charge is 2.31. The standard InChI is InChI=1S/C33H50/c1-4-6-8-10-12-14-28-15-17-29(18-16-28)30-19-21-31(22-20-30)32-23-26-33(3,27-24-32)25-13-11-9-7-5-2/h15-22,32H,4-14,23-27H2,1-3H3. The van der Waals surface area contributed by atoms with Gasteiger partial charge in [-0.1, -0.05) is 127 Å². The summed E-state index contributed by atoms with van der Waals surface area (Å²) in [5.41, 5.74) is 6.37. The van der Waals surface area contributed by atoms with Gasteiger partial charge in [-0.2, -0.15) is 0 Å². The monoisotopic (exact) mass is 446 g/mol. The van der Waals surface area contributed by atoms with E-state index in [1.54, 1.807) is 5.56 Å². The van der Waals surface area contributed by atoms with Crippen LogP contribution in [0.2, 0.25) is 0 Å². The Morgan fingerprint density at radius 1 is 0.636 bits per heavy atom. The Bertz CT molecular complexity index is 759. The van der Waals surface area contributed by atoms with Crippen molar-refractivity contribution in [1.29, 1.82) is 0 Å². The lowest BCUT2D eigenvalue weighted by Crippen LogP contribution is -2.23. The summed E-state index contributed by atoms with van der Waals surface area (Å²) in [5.74, 6) is 0.766. The molecule has 0 saturated heterocycles. The minimum Gasteiger partial charge on any atom is -0.0654 e. The van der Waals surface area contributed by atoms with E-state index in [0.717, 1.165) is 5.92 Å². The summed E-state index contributed by atoms with van der Waals surface area (Å²) in [6, 6.07) is 18.9. The van der Waals surface area contributed by atoms with Gasteiger partial charge in [-0.05, 0) is 78.5 Å². The molecule has 1 saturated carbocycles. The lowest BCUT2D eigenvalue weighted by Gasteiger charge is -2.38. The van der Waals surface area contributed by atoms with Gasteiger partial charge in [0.25, 0.3) is 0 Å². The van der Waals surface area contributed by atoms with Crippen LogP contribution in [0.3, 0.4) is 0 Å². The van der Waals surface area contributed by atoms with Crippen molar-refractivity contribution in [2.45, 2.75) is 129 Å². The van der Waals surface area contributed by atoms with Gasteiger partial charge in [-0.25, -0.2) is 0 Å². The molecular formula is C33H50. The van der Waals surface area contributed by atoms with E-state index in [2.05, 4.69) is 69.3 Å². The van der Waals surface area contributed by atoms with E-state index in [1.807, 2.05) is 0 Å². The Morgan fingerprint density at radius 2 is 1.15 bits per heavy atom. The second kappa shape index (κ2) is 14.0. The second-order valence-corrected chi connectivity index (χ2v) is 11.2. The van der Waals surface area contributed by atoms with Gasteiger partial charge in [0.15, 0.2) is 0 Å². The normalized spacial score (nSPS) is 20.8. The van der Waals surface area contributed by atoms with Crippen LogP contribution in [0.25, 0.3) is 11.1 Å². The maximum absolute atomic E-state index is 2.56. The van der Waals surface area contributed by atoms with Crippen molar-refractivity contribution in [1.82, 2.24) is 0 Å². The molecule has 0 spiro atoms. The van der Waals surface area contributed by atoms with E-state index < -0.39 is 0 Å². The van der Waals surface area contributed by atoms with Crippen LogP contribution in [0.15, 0.2) is 48.5 Å². The van der Waals surface area contributed by atoms with Gasteiger partial charge in [-0.15, -0.1) is 0 Å². The Hall–Kier alpha value is -1.56. The SMILES string of the molecule is CCCCCCCc1ccc(-c2ccc(C3CCC(C)(CCCCCCC)CC3)cc2)cc1. The predicted octanol–water partition coefficient (Wildman–Crippen LogP) is 10.9. The predicted molar refractivity (Wildman–Crippen MR) is 147 cm³/mol. The molecule has 3 rings (SSSR count). The molecule has 0 aromatic heterocycles. The Morgan fingerprint density at radius 3 is 1.73 bits per heavy atom. The van der Waals surface area contributed by atoms with Crippen molar-refractivity contribution in [3.8, 4) is 11.1 Å². The zero-order valence-electron chi connectivity index (χ0n) is 22.0. The minimum atomic E-state index is 0.598. The molecule has 0 amide bonds. The maximum Gasteiger partial charge on any atom is -0.0162 e. The first kappa shape index (κ1) is 26.1. The highest BCUT2D eigenvalue weighted by atomic mass is 14.4. The number of aryl methyl sites for hydroxylation is 1. The third-order valence-corrected chi connectivity index (χ3v) is 8.31. The molecule has 0 bridgehead atoms. The van der Waals surface area contributed by atoms with Crippen molar-refractivity contribution < 1.29 is 0 Å². The number of rotatable bonds is 14. The molecule has 0 aliphatic heterocycles. The third-order valence-electron chi connectivity index (χ3n) is 8.31. The molecule has 2 aromatic rings. The zero-order valence-corrected chi connectivity index (χ0v) is 22.0. The van der Waals surface area contributed by atoms with Crippen LogP contribution < -0.4 is 0 Å². The van der Waals surface area contributed by atoms with Crippen LogP contribution in [0.4, 0.5) is 0 Å². The molecule has 182 valence electrons. The van der Waals surface area contributed by atoms with Crippen molar-refractivity contribution >= 4 is 0 Å². The van der Waals surface area contributed by atoms with Crippen LogP contribution in [-0.4, -0.2) is 0 Å². The summed E-state index contributed by atoms with van der Waals surface area (Å²) in [7, 11) is 0. The van der Waals surface area contributed by atoms with E-state index >= 15 is 0 Å². The van der Waals surface area contributed by atoms with E-state index in [9.17, 15) is 0 Å². The van der Waals surface area contributed by atoms with E-state index in [0.29, 0.717) is 5.41 Å². The number of hydrogen-bond donors (Lipinski definition) is 0. The van der Waals surface area contributed by atoms with E-state index in [-0.39, 0.29) is 0 Å². The lowest BCUT2D eigenvalue weighted by atomic mass is 9.68. The average molecular weight is 447 g/mol. The summed E-state index contributed by atoms with van der Waals surface area (Å²) in [5, 5.41) is 0. The molecule has 1 aliphatic carbocycles. The van der Waals surface area contributed by atoms with Gasteiger partial charge in [0.05, 0.1) is 0 Å². The van der Waals surface area contributed by atoms with Crippen LogP contribution in [0, 0.1) is 5.41 Å². The average Bonchev–Trinajstić information content (AvgIpc) is 2.85. The first-order chi connectivity index (χ1) is 16.1. The van der Waals surface area contributed by atoms with Crippen molar-refractivity contribution in [2.24, 2.45) is 5.41 Å². The number of hydrogen-bond acceptors (Lipinski definition) is 0. The van der Waals surface area contributed by atoms with Gasteiger partial charge in [0.1, 0.15) is 0 Å². The molecule has 0 atom stereocenters. The summed E-state index contributed by atoms with van der Waals surface area (Å²) in [6.07, 6.45) is 22.1. The summed E-state index contributed by atoms with van der Waals surface area (Å²) < 4.78 is 0. The summed E-state index contributed by atoms with van der Waals surface area (Å²) in [6.45, 7) is 7.15. The molecule has 0 unspecified atom stereocenters. The van der Waals surface area contributed by atoms with E-state index in [1.165, 1.54) is 119 Å². The molecule has 0 heteroatoms. The topological polar surface area (TPSA) is 0 Å². The first-order valence-electron chi connectivity index (χ1n) is 14.3. The Labute approximate surface area is 205 Å². The molecule has 33 heavy (non-hydrogen) atoms. The van der Waals surface area contributed by atoms with Crippen LogP contribution in [-0.2, 0) is 6.42 Å². The van der Waals surface area contributed by atoms with Crippen molar-refractivity contribution in [3.05, 3.63) is 59.7 Å². The summed E-state index contributed by atoms with van der Waals surface area (Å²) >= 11 is 0. The fraction of sp³-hybridized carbons (Fsp3) is 0.636. The fourth-order valence-electron chi connectivity index (χ4n) is 5.80. The molecule has 0 N–H and O–H groups in total. The molecule has 2 aromatic carbocycles. The largest absolute Gasteiger partial charge is 0.0654 e. The molecular weight excluding hydrogens is 396 g/mol. The van der Waals surface area contributed by atoms with Gasteiger partial charge < -0.3 is 0 Å². The number of unbranched alkanes of at least 4 members (excludes halogenated alkanes) is 8. The molecule has 0 radical (unpaired) electrons. The lowest BCUT2D eigenvalue weighted by molar-refractivity contribution is 0.177. The number of benzene rings is 2. The third kappa shape index (κ3) is 8.62. The first-order valence-corrected chi connectivity index (χ1v) is 14.3. The molecule has 1 fully saturated rings. The van der Waals surface area contributed by atoms with Gasteiger partial charge >= 0.3 is 0 Å². The quantitative estimate of drug-likeness (QED) is 0.253. The molecule has 0 heterocycles. The van der Waals surface area contributed by atoms with Gasteiger partial charge in [0.2, 0.25) is 0 Å². The molecule has 0 nitrogen and oxygen atoms in total. The Kier molecular flexibility index (Phi) is 11.0. The zero-order chi connectivity index (χ0) is 23.4. The minimum absolute atomic E-state index is 0.598. The molecule has 1 aliphatic rings. The smallest absolute Gasteiger partial charge is 0.0162 e. The Balaban J connectivity index is 1.44. The van der Waals surface area contributed by atoms with Crippen LogP contribution in [0.1, 0.15) is 134 Å². The van der Waals surface area contributed by atoms with E-state index in [4.69, 9.17) is 0 Å². The highest BCUT2D eigenvalue weighted by molar-refractivity contribution is 5.64. The summed E-state index contributed by atoms with van der Waals surface area (Å²) in [4.78, 5) is 0. The maximum atomic E-state index is 2.56. The van der Waals surface area contributed by atoms with Gasteiger partial charge in [-0.3, -0.25) is 0 Å². The fourth-order valence-corrected chi connectivity index (χ4v) is 5.80. The highest BCUT2D eigenvalue weighted by Crippen LogP contribution is 2.45. The van der Waals surface area contributed by atoms with Crippen molar-refractivity contribution in [2.75, 3.05) is 0 Å². The van der Waals surface area contributed by atoms with Crippen LogP contribution in [0.5, 0.6) is 0 Å². The van der Waals surface area contributed by atoms with Crippen LogP contribution >= 0.6 is 0 Å². The van der Waals surface area contributed by atoms with Crippen molar-refractivity contribution in [3.63, 3.8) is 0 Å². The van der Waals surface area contributed by atoms with Gasteiger partial charge in [0, 0.05) is 0 Å². The second-order valence-electron chi connectivity index (χ2n) is 11.2.